The average molecular weight is 334 g/mol. The number of anilines is 1. The number of likely N-dealkylation sites (N-methyl/N-ethyl adjacent to an activating group) is 1. The number of nitrogens with one attached hydrogen (secondary N) is 2. The molecule has 2 aliphatic rings. The van der Waals surface area contributed by atoms with Gasteiger partial charge in [0.2, 0.25) is 11.8 Å². The third kappa shape index (κ3) is 3.67. The lowest BCUT2D eigenvalue weighted by molar-refractivity contribution is -0.128. The molecule has 7 nitrogen and oxygen atoms in total. The average Bonchev–Trinajstić information content (AvgIpc) is 2.51. The number of nitrogens with zero attached hydrogens (tertiary/aromatic N) is 2. The van der Waals surface area contributed by atoms with Crippen LogP contribution in [0.3, 0.4) is 0 Å². The fourth-order valence-corrected chi connectivity index (χ4v) is 2.90. The van der Waals surface area contributed by atoms with Gasteiger partial charge < -0.3 is 20.3 Å². The highest BCUT2D eigenvalue weighted by atomic mass is 16.5. The molecule has 1 aromatic rings. The predicted octanol–water partition coefficient (Wildman–Crippen LogP) is 0.868. The Balaban J connectivity index is 0.00000100. The number of hydrogen-bond donors (Lipinski definition) is 2. The molecule has 0 saturated carbocycles. The normalized spacial score (nSPS) is 18.4. The van der Waals surface area contributed by atoms with E-state index in [0.717, 1.165) is 32.1 Å². The van der Waals surface area contributed by atoms with Crippen molar-refractivity contribution in [3.8, 4) is 0 Å². The highest BCUT2D eigenvalue weighted by molar-refractivity contribution is 5.87. The minimum Gasteiger partial charge on any atom is -0.380 e. The molecular weight excluding hydrogens is 308 g/mol. The van der Waals surface area contributed by atoms with E-state index in [2.05, 4.69) is 20.5 Å². The van der Waals surface area contributed by atoms with Gasteiger partial charge in [-0.3, -0.25) is 9.59 Å². The van der Waals surface area contributed by atoms with Crippen LogP contribution >= 0.6 is 0 Å². The minimum atomic E-state index is -0.773. The molecule has 0 aliphatic carbocycles. The largest absolute Gasteiger partial charge is 0.380 e. The van der Waals surface area contributed by atoms with E-state index in [4.69, 9.17) is 4.74 Å². The standard InChI is InChI=1S/C15H20N4O3.C2H6/c1-10(20)17-13(14(21)16-2)11-4-3-5-12(18-11)19-6-15(7-19)8-22-9-15;1-2/h3-5,13H,6-9H2,1-2H3,(H,16,21)(H,17,20);1-2H3. The summed E-state index contributed by atoms with van der Waals surface area (Å²) in [5.74, 6) is 0.275. The van der Waals surface area contributed by atoms with Crippen molar-refractivity contribution in [1.82, 2.24) is 15.6 Å². The number of aromatic nitrogens is 1. The lowest BCUT2D eigenvalue weighted by atomic mass is 9.78. The molecule has 0 bridgehead atoms. The van der Waals surface area contributed by atoms with Crippen LogP contribution in [-0.4, -0.2) is 50.1 Å². The van der Waals surface area contributed by atoms with E-state index < -0.39 is 6.04 Å². The molecule has 0 radical (unpaired) electrons. The summed E-state index contributed by atoms with van der Waals surface area (Å²) in [5, 5.41) is 5.19. The van der Waals surface area contributed by atoms with Crippen molar-refractivity contribution in [2.24, 2.45) is 5.41 Å². The number of rotatable bonds is 4. The zero-order valence-corrected chi connectivity index (χ0v) is 14.8. The summed E-state index contributed by atoms with van der Waals surface area (Å²) in [6.45, 7) is 8.87. The van der Waals surface area contributed by atoms with Gasteiger partial charge in [-0.05, 0) is 12.1 Å². The molecule has 0 aromatic carbocycles. The summed E-state index contributed by atoms with van der Waals surface area (Å²) in [6, 6.07) is 4.76. The first kappa shape index (κ1) is 18.2. The molecule has 2 saturated heterocycles. The fraction of sp³-hybridized carbons (Fsp3) is 0.588. The van der Waals surface area contributed by atoms with Crippen molar-refractivity contribution in [1.29, 1.82) is 0 Å². The Morgan fingerprint density at radius 2 is 1.96 bits per heavy atom. The Kier molecular flexibility index (Phi) is 5.77. The number of carbonyl (C=O) groups is 2. The zero-order valence-electron chi connectivity index (χ0n) is 14.8. The second kappa shape index (κ2) is 7.61. The van der Waals surface area contributed by atoms with E-state index in [0.29, 0.717) is 11.1 Å². The van der Waals surface area contributed by atoms with Gasteiger partial charge in [0, 0.05) is 27.1 Å². The van der Waals surface area contributed by atoms with E-state index in [-0.39, 0.29) is 11.8 Å². The zero-order chi connectivity index (χ0) is 17.7. The van der Waals surface area contributed by atoms with E-state index >= 15 is 0 Å². The summed E-state index contributed by atoms with van der Waals surface area (Å²) < 4.78 is 5.27. The van der Waals surface area contributed by atoms with Gasteiger partial charge in [-0.2, -0.15) is 0 Å². The molecule has 2 amide bonds. The molecule has 2 aliphatic heterocycles. The van der Waals surface area contributed by atoms with Crippen molar-refractivity contribution in [3.63, 3.8) is 0 Å². The summed E-state index contributed by atoms with van der Waals surface area (Å²) in [5.41, 5.74) is 0.841. The van der Waals surface area contributed by atoms with Crippen molar-refractivity contribution < 1.29 is 14.3 Å². The highest BCUT2D eigenvalue weighted by Gasteiger charge is 2.49. The van der Waals surface area contributed by atoms with Gasteiger partial charge >= 0.3 is 0 Å². The van der Waals surface area contributed by atoms with Gasteiger partial charge in [-0.1, -0.05) is 19.9 Å². The maximum atomic E-state index is 12.0. The molecule has 2 fully saturated rings. The molecule has 1 atom stereocenters. The summed E-state index contributed by atoms with van der Waals surface area (Å²) in [4.78, 5) is 30.0. The van der Waals surface area contributed by atoms with Crippen molar-refractivity contribution in [3.05, 3.63) is 23.9 Å². The number of hydrogen-bond acceptors (Lipinski definition) is 5. The fourth-order valence-electron chi connectivity index (χ4n) is 2.90. The van der Waals surface area contributed by atoms with Gasteiger partial charge in [0.25, 0.3) is 0 Å². The summed E-state index contributed by atoms with van der Waals surface area (Å²) >= 11 is 0. The minimum absolute atomic E-state index is 0.268. The Bertz CT molecular complexity index is 593. The summed E-state index contributed by atoms with van der Waals surface area (Å²) in [6.07, 6.45) is 0. The first-order valence-electron chi connectivity index (χ1n) is 8.31. The van der Waals surface area contributed by atoms with E-state index in [1.807, 2.05) is 26.0 Å². The van der Waals surface area contributed by atoms with Crippen LogP contribution in [0.4, 0.5) is 5.82 Å². The number of ether oxygens (including phenoxy) is 1. The molecule has 132 valence electrons. The highest BCUT2D eigenvalue weighted by Crippen LogP contribution is 2.39. The molecule has 24 heavy (non-hydrogen) atoms. The molecule has 3 heterocycles. The van der Waals surface area contributed by atoms with Crippen LogP contribution in [0.5, 0.6) is 0 Å². The van der Waals surface area contributed by atoms with Crippen LogP contribution in [0.2, 0.25) is 0 Å². The van der Waals surface area contributed by atoms with Gasteiger partial charge in [0.05, 0.1) is 24.3 Å². The van der Waals surface area contributed by atoms with E-state index in [1.165, 1.54) is 14.0 Å². The molecule has 1 unspecified atom stereocenters. The number of pyridine rings is 1. The Labute approximate surface area is 142 Å². The third-order valence-corrected chi connectivity index (χ3v) is 4.10. The number of amides is 2. The van der Waals surface area contributed by atoms with Crippen molar-refractivity contribution >= 4 is 17.6 Å². The smallest absolute Gasteiger partial charge is 0.248 e. The van der Waals surface area contributed by atoms with Crippen molar-refractivity contribution in [2.75, 3.05) is 38.3 Å². The van der Waals surface area contributed by atoms with Gasteiger partial charge in [-0.25, -0.2) is 4.98 Å². The lowest BCUT2D eigenvalue weighted by Crippen LogP contribution is -2.66. The van der Waals surface area contributed by atoms with Crippen LogP contribution in [0.15, 0.2) is 18.2 Å². The quantitative estimate of drug-likeness (QED) is 0.853. The second-order valence-electron chi connectivity index (χ2n) is 6.02. The first-order chi connectivity index (χ1) is 11.5. The third-order valence-electron chi connectivity index (χ3n) is 4.10. The van der Waals surface area contributed by atoms with Crippen LogP contribution in [0, 0.1) is 5.41 Å². The first-order valence-corrected chi connectivity index (χ1v) is 8.31. The summed E-state index contributed by atoms with van der Waals surface area (Å²) in [7, 11) is 1.54. The topological polar surface area (TPSA) is 83.6 Å². The van der Waals surface area contributed by atoms with Gasteiger partial charge in [0.15, 0.2) is 6.04 Å². The van der Waals surface area contributed by atoms with Crippen LogP contribution in [-0.2, 0) is 14.3 Å². The molecule has 3 rings (SSSR count). The second-order valence-corrected chi connectivity index (χ2v) is 6.02. The van der Waals surface area contributed by atoms with Gasteiger partial charge in [-0.15, -0.1) is 0 Å². The predicted molar refractivity (Wildman–Crippen MR) is 91.7 cm³/mol. The Morgan fingerprint density at radius 3 is 2.46 bits per heavy atom. The van der Waals surface area contributed by atoms with Crippen molar-refractivity contribution in [2.45, 2.75) is 26.8 Å². The molecule has 1 aromatic heterocycles. The Morgan fingerprint density at radius 1 is 1.29 bits per heavy atom. The molecule has 2 N–H and O–H groups in total. The van der Waals surface area contributed by atoms with E-state index in [9.17, 15) is 9.59 Å². The lowest BCUT2D eigenvalue weighted by Gasteiger charge is -2.55. The van der Waals surface area contributed by atoms with Gasteiger partial charge in [0.1, 0.15) is 5.82 Å². The maximum Gasteiger partial charge on any atom is 0.248 e. The molecule has 7 heteroatoms. The van der Waals surface area contributed by atoms with Crippen LogP contribution in [0.25, 0.3) is 0 Å². The van der Waals surface area contributed by atoms with Crippen LogP contribution in [0.1, 0.15) is 32.5 Å². The number of carbonyl (C=O) groups excluding carboxylic acids is 2. The SMILES string of the molecule is CC.CNC(=O)C(NC(C)=O)c1cccc(N2CC3(COC3)C2)n1. The Hall–Kier alpha value is -2.15. The van der Waals surface area contributed by atoms with Crippen LogP contribution < -0.4 is 15.5 Å². The maximum absolute atomic E-state index is 12.0. The molecular formula is C17H26N4O3. The monoisotopic (exact) mass is 334 g/mol. The molecule has 1 spiro atoms. The van der Waals surface area contributed by atoms with E-state index in [1.54, 1.807) is 6.07 Å².